The number of hydrogen-bond acceptors (Lipinski definition) is 4. The number of methoxy groups -OCH3 is 1. The first-order valence-corrected chi connectivity index (χ1v) is 6.07. The van der Waals surface area contributed by atoms with Gasteiger partial charge in [0.1, 0.15) is 5.15 Å². The van der Waals surface area contributed by atoms with E-state index in [1.54, 1.807) is 25.6 Å². The molecule has 0 spiro atoms. The molecule has 3 heterocycles. The Morgan fingerprint density at radius 3 is 2.79 bits per heavy atom. The van der Waals surface area contributed by atoms with E-state index in [0.29, 0.717) is 11.0 Å². The summed E-state index contributed by atoms with van der Waals surface area (Å²) in [6.07, 6.45) is 3.43. The molecule has 0 atom stereocenters. The van der Waals surface area contributed by atoms with Crippen molar-refractivity contribution in [1.29, 1.82) is 0 Å². The second-order valence-electron chi connectivity index (χ2n) is 3.96. The number of fused-ring (bicyclic) bond motifs is 1. The lowest BCUT2D eigenvalue weighted by molar-refractivity contribution is 0.398. The highest BCUT2D eigenvalue weighted by atomic mass is 35.5. The normalized spacial score (nSPS) is 10.6. The molecule has 0 bridgehead atoms. The molecule has 0 saturated carbocycles. The molecule has 4 nitrogen and oxygen atoms in total. The van der Waals surface area contributed by atoms with Gasteiger partial charge in [-0.15, -0.1) is 0 Å². The third-order valence-corrected chi connectivity index (χ3v) is 3.08. The van der Waals surface area contributed by atoms with Crippen LogP contribution in [0.4, 0.5) is 0 Å². The quantitative estimate of drug-likeness (QED) is 0.671. The first-order valence-electron chi connectivity index (χ1n) is 5.69. The number of aromatic nitrogens is 3. The molecule has 19 heavy (non-hydrogen) atoms. The molecule has 0 unspecified atom stereocenters. The largest absolute Gasteiger partial charge is 0.481 e. The van der Waals surface area contributed by atoms with Gasteiger partial charge in [-0.1, -0.05) is 11.6 Å². The average Bonchev–Trinajstić information content (AvgIpc) is 2.47. The Balaban J connectivity index is 2.14. The summed E-state index contributed by atoms with van der Waals surface area (Å²) in [6, 6.07) is 9.30. The molecular weight excluding hydrogens is 262 g/mol. The van der Waals surface area contributed by atoms with Crippen LogP contribution in [0.3, 0.4) is 0 Å². The van der Waals surface area contributed by atoms with Gasteiger partial charge in [0.15, 0.2) is 0 Å². The van der Waals surface area contributed by atoms with Gasteiger partial charge in [0.2, 0.25) is 5.88 Å². The Labute approximate surface area is 115 Å². The van der Waals surface area contributed by atoms with E-state index in [-0.39, 0.29) is 0 Å². The molecule has 3 aromatic heterocycles. The molecular formula is C14H10ClN3O. The van der Waals surface area contributed by atoms with Crippen LogP contribution in [0.5, 0.6) is 5.88 Å². The predicted octanol–water partition coefficient (Wildman–Crippen LogP) is 3.35. The van der Waals surface area contributed by atoms with E-state index >= 15 is 0 Å². The number of hydrogen-bond donors (Lipinski definition) is 0. The molecule has 0 amide bonds. The smallest absolute Gasteiger partial charge is 0.212 e. The third kappa shape index (κ3) is 2.22. The fraction of sp³-hybridized carbons (Fsp3) is 0.0714. The molecule has 5 heteroatoms. The summed E-state index contributed by atoms with van der Waals surface area (Å²) in [5.41, 5.74) is 2.43. The van der Waals surface area contributed by atoms with Crippen LogP contribution in [0.2, 0.25) is 5.15 Å². The number of pyridine rings is 3. The van der Waals surface area contributed by atoms with E-state index in [0.717, 1.165) is 22.2 Å². The van der Waals surface area contributed by atoms with Crippen LogP contribution in [0, 0.1) is 0 Å². The predicted molar refractivity (Wildman–Crippen MR) is 74.3 cm³/mol. The van der Waals surface area contributed by atoms with E-state index < -0.39 is 0 Å². The zero-order valence-corrected chi connectivity index (χ0v) is 10.9. The summed E-state index contributed by atoms with van der Waals surface area (Å²) >= 11 is 6.17. The van der Waals surface area contributed by atoms with Crippen LogP contribution in [0.25, 0.3) is 22.2 Å². The van der Waals surface area contributed by atoms with Crippen LogP contribution in [-0.2, 0) is 0 Å². The fourth-order valence-corrected chi connectivity index (χ4v) is 2.09. The van der Waals surface area contributed by atoms with Crippen molar-refractivity contribution >= 4 is 22.5 Å². The lowest BCUT2D eigenvalue weighted by Gasteiger charge is -2.05. The highest BCUT2D eigenvalue weighted by Crippen LogP contribution is 2.26. The van der Waals surface area contributed by atoms with Crippen molar-refractivity contribution in [3.05, 3.63) is 47.9 Å². The number of ether oxygens (including phenoxy) is 1. The zero-order chi connectivity index (χ0) is 13.2. The van der Waals surface area contributed by atoms with E-state index in [1.165, 1.54) is 0 Å². The Bertz CT molecular complexity index is 728. The summed E-state index contributed by atoms with van der Waals surface area (Å²) in [7, 11) is 1.58. The molecule has 0 aliphatic rings. The maximum absolute atomic E-state index is 6.17. The minimum Gasteiger partial charge on any atom is -0.481 e. The second kappa shape index (κ2) is 4.82. The minimum atomic E-state index is 0.441. The summed E-state index contributed by atoms with van der Waals surface area (Å²) in [4.78, 5) is 12.8. The molecule has 0 fully saturated rings. The van der Waals surface area contributed by atoms with Crippen LogP contribution in [0.15, 0.2) is 42.7 Å². The fourth-order valence-electron chi connectivity index (χ4n) is 1.84. The number of rotatable bonds is 2. The van der Waals surface area contributed by atoms with Gasteiger partial charge in [-0.2, -0.15) is 0 Å². The van der Waals surface area contributed by atoms with Gasteiger partial charge >= 0.3 is 0 Å². The van der Waals surface area contributed by atoms with Crippen LogP contribution >= 0.6 is 11.6 Å². The van der Waals surface area contributed by atoms with E-state index in [9.17, 15) is 0 Å². The van der Waals surface area contributed by atoms with E-state index in [1.807, 2.05) is 24.3 Å². The summed E-state index contributed by atoms with van der Waals surface area (Å²) in [6.45, 7) is 0. The highest BCUT2D eigenvalue weighted by molar-refractivity contribution is 6.34. The molecule has 0 radical (unpaired) electrons. The molecule has 0 N–H and O–H groups in total. The van der Waals surface area contributed by atoms with E-state index in [2.05, 4.69) is 15.0 Å². The first-order chi connectivity index (χ1) is 9.28. The lowest BCUT2D eigenvalue weighted by atomic mass is 10.1. The van der Waals surface area contributed by atoms with Crippen molar-refractivity contribution < 1.29 is 4.74 Å². The summed E-state index contributed by atoms with van der Waals surface area (Å²) in [5, 5.41) is 1.28. The van der Waals surface area contributed by atoms with Gasteiger partial charge in [0.25, 0.3) is 0 Å². The molecule has 3 rings (SSSR count). The Hall–Kier alpha value is -2.20. The standard InChI is InChI=1S/C14H10ClN3O/c1-19-13-5-4-9(8-17-13)11-7-12-10(14(15)18-11)3-2-6-16-12/h2-8H,1H3. The van der Waals surface area contributed by atoms with Crippen LogP contribution in [0.1, 0.15) is 0 Å². The SMILES string of the molecule is COc1ccc(-c2cc3ncccc3c(Cl)n2)cn1. The molecule has 0 aliphatic heterocycles. The Morgan fingerprint density at radius 1 is 1.16 bits per heavy atom. The van der Waals surface area contributed by atoms with Gasteiger partial charge in [-0.05, 0) is 24.3 Å². The maximum atomic E-state index is 6.17. The van der Waals surface area contributed by atoms with Gasteiger partial charge < -0.3 is 4.74 Å². The Morgan fingerprint density at radius 2 is 2.05 bits per heavy atom. The van der Waals surface area contributed by atoms with Gasteiger partial charge in [-0.3, -0.25) is 4.98 Å². The average molecular weight is 272 g/mol. The van der Waals surface area contributed by atoms with Gasteiger partial charge in [0, 0.05) is 29.4 Å². The van der Waals surface area contributed by atoms with Crippen LogP contribution < -0.4 is 4.74 Å². The number of nitrogens with zero attached hydrogens (tertiary/aromatic N) is 3. The van der Waals surface area contributed by atoms with E-state index in [4.69, 9.17) is 16.3 Å². The molecule has 0 aromatic carbocycles. The zero-order valence-electron chi connectivity index (χ0n) is 10.2. The lowest BCUT2D eigenvalue weighted by Crippen LogP contribution is -1.90. The van der Waals surface area contributed by atoms with Crippen molar-refractivity contribution in [3.8, 4) is 17.1 Å². The van der Waals surface area contributed by atoms with Crippen LogP contribution in [-0.4, -0.2) is 22.1 Å². The van der Waals surface area contributed by atoms with Crippen molar-refractivity contribution in [3.63, 3.8) is 0 Å². The maximum Gasteiger partial charge on any atom is 0.212 e. The molecule has 94 valence electrons. The molecule has 0 aliphatic carbocycles. The van der Waals surface area contributed by atoms with Crippen molar-refractivity contribution in [1.82, 2.24) is 15.0 Å². The summed E-state index contributed by atoms with van der Waals surface area (Å²) in [5.74, 6) is 0.564. The highest BCUT2D eigenvalue weighted by Gasteiger charge is 2.07. The summed E-state index contributed by atoms with van der Waals surface area (Å²) < 4.78 is 5.03. The van der Waals surface area contributed by atoms with Gasteiger partial charge in [0.05, 0.1) is 18.3 Å². The topological polar surface area (TPSA) is 47.9 Å². The second-order valence-corrected chi connectivity index (χ2v) is 4.32. The van der Waals surface area contributed by atoms with Crippen molar-refractivity contribution in [2.75, 3.05) is 7.11 Å². The van der Waals surface area contributed by atoms with Crippen molar-refractivity contribution in [2.45, 2.75) is 0 Å². The Kier molecular flexibility index (Phi) is 3.01. The number of halogens is 1. The first kappa shape index (κ1) is 11.9. The molecule has 0 saturated heterocycles. The minimum absolute atomic E-state index is 0.441. The third-order valence-electron chi connectivity index (χ3n) is 2.79. The monoisotopic (exact) mass is 271 g/mol. The van der Waals surface area contributed by atoms with Crippen molar-refractivity contribution in [2.24, 2.45) is 0 Å². The van der Waals surface area contributed by atoms with Gasteiger partial charge in [-0.25, -0.2) is 9.97 Å². The molecule has 3 aromatic rings.